The summed E-state index contributed by atoms with van der Waals surface area (Å²) in [6, 6.07) is 11.7. The van der Waals surface area contributed by atoms with Gasteiger partial charge < -0.3 is 14.4 Å². The summed E-state index contributed by atoms with van der Waals surface area (Å²) >= 11 is 6.45. The number of allylic oxidation sites excluding steroid dienone is 1. The maximum absolute atomic E-state index is 14.3. The molecule has 1 aromatic heterocycles. The molecule has 3 aromatic rings. The Kier molecular flexibility index (Phi) is 9.95. The van der Waals surface area contributed by atoms with Crippen molar-refractivity contribution < 1.29 is 23.3 Å². The molecule has 12 heteroatoms. The van der Waals surface area contributed by atoms with Gasteiger partial charge >= 0.3 is 0 Å². The van der Waals surface area contributed by atoms with Crippen molar-refractivity contribution in [1.82, 2.24) is 15.0 Å². The number of aryl methyl sites for hydroxylation is 2. The Morgan fingerprint density at radius 2 is 2.08 bits per heavy atom. The summed E-state index contributed by atoms with van der Waals surface area (Å²) in [6.07, 6.45) is 13.9. The summed E-state index contributed by atoms with van der Waals surface area (Å²) in [7, 11) is -1.41. The second-order valence-electron chi connectivity index (χ2n) is 14.0. The molecule has 2 aliphatic heterocycles. The molecule has 0 N–H and O–H groups in total. The van der Waals surface area contributed by atoms with Gasteiger partial charge in [0.2, 0.25) is 0 Å². The van der Waals surface area contributed by atoms with E-state index in [1.165, 1.54) is 11.1 Å². The average molecular weight is 706 g/mol. The predicted octanol–water partition coefficient (Wildman–Crippen LogP) is 6.06. The molecule has 0 saturated heterocycles. The maximum atomic E-state index is 14.3. The zero-order valence-corrected chi connectivity index (χ0v) is 29.5. The van der Waals surface area contributed by atoms with Gasteiger partial charge in [-0.15, -0.1) is 5.10 Å². The number of carbonyl (C=O) groups excluding carboxylic acids is 2. The Bertz CT molecular complexity index is 1850. The van der Waals surface area contributed by atoms with E-state index in [2.05, 4.69) is 43.9 Å². The lowest BCUT2D eigenvalue weighted by Gasteiger charge is -2.46. The number of ketones is 1. The van der Waals surface area contributed by atoms with Crippen LogP contribution in [0.4, 0.5) is 5.69 Å². The Hall–Kier alpha value is -3.54. The van der Waals surface area contributed by atoms with Gasteiger partial charge in [-0.25, -0.2) is 4.21 Å². The highest BCUT2D eigenvalue weighted by Crippen LogP contribution is 2.47. The summed E-state index contributed by atoms with van der Waals surface area (Å²) in [5.41, 5.74) is 3.50. The molecule has 260 valence electrons. The van der Waals surface area contributed by atoms with Crippen LogP contribution in [-0.4, -0.2) is 75.3 Å². The van der Waals surface area contributed by atoms with E-state index in [0.717, 1.165) is 61.7 Å². The van der Waals surface area contributed by atoms with E-state index < -0.39 is 15.6 Å². The normalized spacial score (nSPS) is 29.1. The molecular weight excluding hydrogens is 662 g/mol. The van der Waals surface area contributed by atoms with Crippen LogP contribution >= 0.6 is 11.6 Å². The summed E-state index contributed by atoms with van der Waals surface area (Å²) in [5.74, 6) is 0.558. The molecular formula is C37H44ClN5O5S. The van der Waals surface area contributed by atoms with Crippen LogP contribution in [0.3, 0.4) is 0 Å². The second-order valence-corrected chi connectivity index (χ2v) is 16.9. The molecule has 1 saturated carbocycles. The van der Waals surface area contributed by atoms with E-state index >= 15 is 0 Å². The standard InChI is InChI=1S/C37H44ClN5O5S/c1-47-34-7-3-2-4-19-49(46,23-30(44)14-17-43-18-16-39-41-43)40-36(45)27-9-13-35-33(21-27)42(22-28-8-11-31(28)34)24-37(25-48-35)15-5-6-26-20-29(38)10-12-32(26)37/h3,7,9-10,12-13,16,18,20-21,28,31,34H,2,4-6,8,11,14-15,17,19,22-25H2,1H3/b7-3+/t28-,31+,34-,37-,49+/m0/s1. The van der Waals surface area contributed by atoms with Crippen LogP contribution in [0.2, 0.25) is 5.02 Å². The minimum Gasteiger partial charge on any atom is -0.490 e. The van der Waals surface area contributed by atoms with Crippen LogP contribution in [0, 0.1) is 11.8 Å². The van der Waals surface area contributed by atoms with Crippen LogP contribution in [-0.2, 0) is 37.6 Å². The zero-order chi connectivity index (χ0) is 34.0. The van der Waals surface area contributed by atoms with Crippen LogP contribution in [0.1, 0.15) is 66.4 Å². The van der Waals surface area contributed by atoms with Gasteiger partial charge in [0.15, 0.2) is 0 Å². The summed E-state index contributed by atoms with van der Waals surface area (Å²) in [5, 5.41) is 8.43. The largest absolute Gasteiger partial charge is 0.490 e. The summed E-state index contributed by atoms with van der Waals surface area (Å²) < 4.78 is 32.8. The molecule has 4 aliphatic rings. The number of halogens is 1. The van der Waals surface area contributed by atoms with Gasteiger partial charge in [0.25, 0.3) is 5.91 Å². The molecule has 1 spiro atoms. The zero-order valence-electron chi connectivity index (χ0n) is 28.0. The lowest BCUT2D eigenvalue weighted by molar-refractivity contribution is -0.116. The lowest BCUT2D eigenvalue weighted by Crippen LogP contribution is -2.49. The number of ether oxygens (including phenoxy) is 2. The summed E-state index contributed by atoms with van der Waals surface area (Å²) in [4.78, 5) is 29.3. The first-order valence-electron chi connectivity index (χ1n) is 17.4. The van der Waals surface area contributed by atoms with Crippen LogP contribution in [0.5, 0.6) is 5.75 Å². The quantitative estimate of drug-likeness (QED) is 0.284. The van der Waals surface area contributed by atoms with Crippen LogP contribution in [0.15, 0.2) is 65.3 Å². The SMILES string of the molecule is CO[C@H]1/C=C/CCC[S@@](=O)(CC(=O)CCn2ccnn2)=NC(=O)c2ccc3c(c2)N(C[C@@H]2CC[C@H]21)C[C@@]1(CCCc2cc(Cl)ccc21)CO3. The number of anilines is 1. The van der Waals surface area contributed by atoms with E-state index in [-0.39, 0.29) is 35.2 Å². The second kappa shape index (κ2) is 14.4. The number of carbonyl (C=O) groups is 2. The van der Waals surface area contributed by atoms with Crippen molar-refractivity contribution >= 4 is 38.7 Å². The molecule has 2 bridgehead atoms. The van der Waals surface area contributed by atoms with Crippen molar-refractivity contribution in [1.29, 1.82) is 0 Å². The van der Waals surface area contributed by atoms with E-state index in [1.54, 1.807) is 30.3 Å². The van der Waals surface area contributed by atoms with Crippen molar-refractivity contribution in [3.63, 3.8) is 0 Å². The number of amides is 1. The number of hydrogen-bond acceptors (Lipinski definition) is 8. The first kappa shape index (κ1) is 33.9. The molecule has 1 fully saturated rings. The number of fused-ring (bicyclic) bond motifs is 4. The van der Waals surface area contributed by atoms with E-state index in [4.69, 9.17) is 21.1 Å². The highest BCUT2D eigenvalue weighted by atomic mass is 35.5. The molecule has 2 aliphatic carbocycles. The topological polar surface area (TPSA) is 116 Å². The summed E-state index contributed by atoms with van der Waals surface area (Å²) in [6.45, 7) is 2.37. The van der Waals surface area contributed by atoms with Crippen LogP contribution in [0.25, 0.3) is 0 Å². The van der Waals surface area contributed by atoms with E-state index in [9.17, 15) is 13.8 Å². The monoisotopic (exact) mass is 705 g/mol. The third kappa shape index (κ3) is 7.35. The van der Waals surface area contributed by atoms with Gasteiger partial charge in [-0.1, -0.05) is 35.0 Å². The third-order valence-electron chi connectivity index (χ3n) is 10.8. The predicted molar refractivity (Wildman–Crippen MR) is 190 cm³/mol. The van der Waals surface area contributed by atoms with Gasteiger partial charge in [-0.05, 0) is 98.2 Å². The number of benzene rings is 2. The fourth-order valence-electron chi connectivity index (χ4n) is 8.11. The smallest absolute Gasteiger partial charge is 0.285 e. The molecule has 3 heterocycles. The lowest BCUT2D eigenvalue weighted by atomic mass is 9.68. The first-order chi connectivity index (χ1) is 23.7. The number of rotatable bonds is 6. The van der Waals surface area contributed by atoms with Crippen LogP contribution < -0.4 is 9.64 Å². The Morgan fingerprint density at radius 1 is 1.18 bits per heavy atom. The average Bonchev–Trinajstić information content (AvgIpc) is 3.55. The van der Waals surface area contributed by atoms with Crippen molar-refractivity contribution in [2.75, 3.05) is 43.2 Å². The molecule has 10 nitrogen and oxygen atoms in total. The van der Waals surface area contributed by atoms with Crippen molar-refractivity contribution in [3.05, 3.63) is 82.7 Å². The maximum Gasteiger partial charge on any atom is 0.285 e. The van der Waals surface area contributed by atoms with Gasteiger partial charge in [-0.3, -0.25) is 14.3 Å². The molecule has 49 heavy (non-hydrogen) atoms. The Labute approximate surface area is 293 Å². The molecule has 0 unspecified atom stereocenters. The van der Waals surface area contributed by atoms with Crippen molar-refractivity contribution in [3.8, 4) is 5.75 Å². The molecule has 5 atom stereocenters. The highest BCUT2D eigenvalue weighted by molar-refractivity contribution is 7.94. The Morgan fingerprint density at radius 3 is 2.88 bits per heavy atom. The number of hydrogen-bond donors (Lipinski definition) is 0. The number of Topliss-reactive ketones (excluding diaryl/α,β-unsaturated/α-hetero) is 1. The fourth-order valence-corrected chi connectivity index (χ4v) is 10.3. The van der Waals surface area contributed by atoms with E-state index in [1.807, 2.05) is 18.2 Å². The fraction of sp³-hybridized carbons (Fsp3) is 0.514. The number of nitrogens with zero attached hydrogens (tertiary/aromatic N) is 5. The van der Waals surface area contributed by atoms with Gasteiger partial charge in [-0.2, -0.15) is 4.36 Å². The van der Waals surface area contributed by atoms with E-state index in [0.29, 0.717) is 43.4 Å². The number of methoxy groups -OCH3 is 1. The Balaban J connectivity index is 1.25. The molecule has 0 radical (unpaired) electrons. The van der Waals surface area contributed by atoms with Gasteiger partial charge in [0.1, 0.15) is 11.5 Å². The van der Waals surface area contributed by atoms with Crippen molar-refractivity contribution in [2.24, 2.45) is 16.2 Å². The number of aromatic nitrogens is 3. The highest BCUT2D eigenvalue weighted by Gasteiger charge is 2.44. The van der Waals surface area contributed by atoms with Gasteiger partial charge in [0, 0.05) is 61.1 Å². The molecule has 2 aromatic carbocycles. The minimum absolute atomic E-state index is 0.0267. The first-order valence-corrected chi connectivity index (χ1v) is 19.6. The minimum atomic E-state index is -3.17. The molecule has 1 amide bonds. The van der Waals surface area contributed by atoms with Gasteiger partial charge in [0.05, 0.1) is 40.1 Å². The van der Waals surface area contributed by atoms with Crippen molar-refractivity contribution in [2.45, 2.75) is 69.4 Å². The third-order valence-corrected chi connectivity index (χ3v) is 13.2. The molecule has 7 rings (SSSR count).